The predicted molar refractivity (Wildman–Crippen MR) is 108 cm³/mol. The number of hydrogen-bond acceptors (Lipinski definition) is 5. The number of carbonyl (C=O) groups excluding carboxylic acids is 1. The summed E-state index contributed by atoms with van der Waals surface area (Å²) in [5, 5.41) is 0. The molecule has 0 N–H and O–H groups in total. The first-order valence-corrected chi connectivity index (χ1v) is 10.4. The standard InChI is InChI=1S/C19H23N3O2S2/c1-3-12(2)22-18(24)16(26-19(22)25)11-20-8-13-7-14(10-20)15-5-4-6-17(23)21(15)9-13/h4-6,11-14H,3,7-10H2,1-2H3/b16-11-/t12-,13+,14-/m1/s1. The highest BCUT2D eigenvalue weighted by Crippen LogP contribution is 2.37. The molecular weight excluding hydrogens is 366 g/mol. The Morgan fingerprint density at radius 2 is 2.12 bits per heavy atom. The fourth-order valence-electron chi connectivity index (χ4n) is 4.24. The minimum absolute atomic E-state index is 0.0294. The zero-order valence-corrected chi connectivity index (χ0v) is 16.7. The number of nitrogens with zero attached hydrogens (tertiary/aromatic N) is 3. The average Bonchev–Trinajstić information content (AvgIpc) is 2.89. The van der Waals surface area contributed by atoms with Crippen LogP contribution in [0.1, 0.15) is 38.3 Å². The van der Waals surface area contributed by atoms with Crippen molar-refractivity contribution < 1.29 is 4.79 Å². The Bertz CT molecular complexity index is 847. The Kier molecular flexibility index (Phi) is 4.69. The average molecular weight is 390 g/mol. The maximum absolute atomic E-state index is 12.8. The molecule has 2 saturated heterocycles. The van der Waals surface area contributed by atoms with Gasteiger partial charge in [0.15, 0.2) is 0 Å². The second-order valence-electron chi connectivity index (χ2n) is 7.45. The number of pyridine rings is 1. The zero-order chi connectivity index (χ0) is 18.4. The van der Waals surface area contributed by atoms with Gasteiger partial charge in [-0.1, -0.05) is 37.0 Å². The molecule has 0 radical (unpaired) electrons. The summed E-state index contributed by atoms with van der Waals surface area (Å²) in [5.74, 6) is 0.811. The summed E-state index contributed by atoms with van der Waals surface area (Å²) in [6.07, 6.45) is 4.00. The van der Waals surface area contributed by atoms with Gasteiger partial charge < -0.3 is 9.47 Å². The van der Waals surface area contributed by atoms with Crippen LogP contribution in [0.25, 0.3) is 0 Å². The predicted octanol–water partition coefficient (Wildman–Crippen LogP) is 2.77. The van der Waals surface area contributed by atoms with Gasteiger partial charge >= 0.3 is 0 Å². The van der Waals surface area contributed by atoms with E-state index < -0.39 is 0 Å². The van der Waals surface area contributed by atoms with Crippen molar-refractivity contribution in [1.29, 1.82) is 0 Å². The van der Waals surface area contributed by atoms with Crippen LogP contribution in [0.2, 0.25) is 0 Å². The lowest BCUT2D eigenvalue weighted by atomic mass is 9.83. The maximum atomic E-state index is 12.8. The number of hydrogen-bond donors (Lipinski definition) is 0. The quantitative estimate of drug-likeness (QED) is 0.588. The topological polar surface area (TPSA) is 45.6 Å². The number of carbonyl (C=O) groups is 1. The maximum Gasteiger partial charge on any atom is 0.267 e. The van der Waals surface area contributed by atoms with Crippen molar-refractivity contribution in [2.24, 2.45) is 5.92 Å². The molecule has 2 bridgehead atoms. The monoisotopic (exact) mass is 389 g/mol. The number of aromatic nitrogens is 1. The van der Waals surface area contributed by atoms with Crippen molar-refractivity contribution >= 4 is 34.2 Å². The first kappa shape index (κ1) is 17.8. The molecule has 4 heterocycles. The summed E-state index contributed by atoms with van der Waals surface area (Å²) in [6, 6.07) is 5.69. The number of piperidine rings is 1. The summed E-state index contributed by atoms with van der Waals surface area (Å²) >= 11 is 6.83. The molecule has 2 fully saturated rings. The molecule has 3 aliphatic heterocycles. The van der Waals surface area contributed by atoms with Gasteiger partial charge in [0.05, 0.1) is 4.91 Å². The molecule has 0 saturated carbocycles. The van der Waals surface area contributed by atoms with Gasteiger partial charge in [0, 0.05) is 49.6 Å². The van der Waals surface area contributed by atoms with E-state index in [4.69, 9.17) is 12.2 Å². The molecule has 138 valence electrons. The second kappa shape index (κ2) is 6.85. The van der Waals surface area contributed by atoms with Crippen LogP contribution < -0.4 is 5.56 Å². The molecule has 0 unspecified atom stereocenters. The van der Waals surface area contributed by atoms with Crippen LogP contribution in [0, 0.1) is 5.92 Å². The molecule has 7 heteroatoms. The number of rotatable bonds is 3. The Balaban J connectivity index is 1.56. The zero-order valence-electron chi connectivity index (χ0n) is 15.1. The molecule has 1 aromatic rings. The van der Waals surface area contributed by atoms with Gasteiger partial charge in [0.25, 0.3) is 11.5 Å². The van der Waals surface area contributed by atoms with Crippen LogP contribution in [0.5, 0.6) is 0 Å². The highest BCUT2D eigenvalue weighted by Gasteiger charge is 2.37. The van der Waals surface area contributed by atoms with Crippen LogP contribution in [0.4, 0.5) is 0 Å². The van der Waals surface area contributed by atoms with E-state index in [2.05, 4.69) is 17.9 Å². The van der Waals surface area contributed by atoms with Gasteiger partial charge in [0.1, 0.15) is 4.32 Å². The molecular formula is C19H23N3O2S2. The van der Waals surface area contributed by atoms with E-state index in [0.29, 0.717) is 16.2 Å². The molecule has 4 rings (SSSR count). The molecule has 1 amide bonds. The van der Waals surface area contributed by atoms with E-state index >= 15 is 0 Å². The lowest BCUT2D eigenvalue weighted by Gasteiger charge is -2.42. The van der Waals surface area contributed by atoms with Gasteiger partial charge in [-0.2, -0.15) is 0 Å². The molecule has 3 aliphatic rings. The molecule has 0 aromatic carbocycles. The summed E-state index contributed by atoms with van der Waals surface area (Å²) in [6.45, 7) is 6.59. The summed E-state index contributed by atoms with van der Waals surface area (Å²) in [7, 11) is 0. The number of amides is 1. The molecule has 26 heavy (non-hydrogen) atoms. The van der Waals surface area contributed by atoms with Crippen LogP contribution >= 0.6 is 24.0 Å². The Hall–Kier alpha value is -1.60. The highest BCUT2D eigenvalue weighted by molar-refractivity contribution is 8.26. The van der Waals surface area contributed by atoms with Gasteiger partial charge in [-0.3, -0.25) is 14.5 Å². The van der Waals surface area contributed by atoms with E-state index in [9.17, 15) is 9.59 Å². The van der Waals surface area contributed by atoms with Crippen molar-refractivity contribution in [3.8, 4) is 0 Å². The molecule has 0 aliphatic carbocycles. The summed E-state index contributed by atoms with van der Waals surface area (Å²) in [4.78, 5) is 29.6. The molecule has 5 nitrogen and oxygen atoms in total. The third-order valence-electron chi connectivity index (χ3n) is 5.66. The normalized spacial score (nSPS) is 27.8. The van der Waals surface area contributed by atoms with Crippen LogP contribution in [-0.2, 0) is 11.3 Å². The Morgan fingerprint density at radius 3 is 2.88 bits per heavy atom. The van der Waals surface area contributed by atoms with Gasteiger partial charge in [-0.05, 0) is 31.7 Å². The van der Waals surface area contributed by atoms with Gasteiger partial charge in [-0.25, -0.2) is 0 Å². The highest BCUT2D eigenvalue weighted by atomic mass is 32.2. The first-order chi connectivity index (χ1) is 12.5. The van der Waals surface area contributed by atoms with E-state index in [1.165, 1.54) is 11.8 Å². The van der Waals surface area contributed by atoms with Crippen molar-refractivity contribution in [1.82, 2.24) is 14.4 Å². The number of thioether (sulfide) groups is 1. The SMILES string of the molecule is CC[C@@H](C)N1C(=O)/C(=C/N2C[C@@H]3C[C@H](C2)c2cccc(=O)n2C3)SC1=S. The Labute approximate surface area is 163 Å². The lowest BCUT2D eigenvalue weighted by Crippen LogP contribution is -2.45. The number of likely N-dealkylation sites (tertiary alicyclic amines) is 1. The van der Waals surface area contributed by atoms with E-state index in [1.807, 2.05) is 23.8 Å². The third kappa shape index (κ3) is 3.01. The fourth-order valence-corrected chi connectivity index (χ4v) is 5.71. The van der Waals surface area contributed by atoms with Crippen LogP contribution in [0.3, 0.4) is 0 Å². The number of fused-ring (bicyclic) bond motifs is 4. The minimum atomic E-state index is 0.0294. The molecule has 3 atom stereocenters. The largest absolute Gasteiger partial charge is 0.375 e. The van der Waals surface area contributed by atoms with Crippen molar-refractivity contribution in [3.05, 3.63) is 45.4 Å². The minimum Gasteiger partial charge on any atom is -0.375 e. The number of thiocarbonyl (C=S) groups is 1. The molecule has 0 spiro atoms. The Morgan fingerprint density at radius 1 is 1.31 bits per heavy atom. The smallest absolute Gasteiger partial charge is 0.267 e. The van der Waals surface area contributed by atoms with E-state index in [1.54, 1.807) is 11.0 Å². The van der Waals surface area contributed by atoms with Crippen molar-refractivity contribution in [2.45, 2.75) is 45.2 Å². The third-order valence-corrected chi connectivity index (χ3v) is 6.98. The molecule has 1 aromatic heterocycles. The van der Waals surface area contributed by atoms with Crippen molar-refractivity contribution in [2.75, 3.05) is 13.1 Å². The van der Waals surface area contributed by atoms with Crippen LogP contribution in [0.15, 0.2) is 34.1 Å². The lowest BCUT2D eigenvalue weighted by molar-refractivity contribution is -0.123. The van der Waals surface area contributed by atoms with Gasteiger partial charge in [0.2, 0.25) is 0 Å². The fraction of sp³-hybridized carbons (Fsp3) is 0.526. The summed E-state index contributed by atoms with van der Waals surface area (Å²) in [5.41, 5.74) is 1.22. The summed E-state index contributed by atoms with van der Waals surface area (Å²) < 4.78 is 2.59. The van der Waals surface area contributed by atoms with Gasteiger partial charge in [-0.15, -0.1) is 0 Å². The van der Waals surface area contributed by atoms with E-state index in [0.717, 1.165) is 43.1 Å². The van der Waals surface area contributed by atoms with Crippen LogP contribution in [-0.4, -0.2) is 43.7 Å². The first-order valence-electron chi connectivity index (χ1n) is 9.19. The van der Waals surface area contributed by atoms with Crippen molar-refractivity contribution in [3.63, 3.8) is 0 Å². The van der Waals surface area contributed by atoms with E-state index in [-0.39, 0.29) is 17.5 Å². The second-order valence-corrected chi connectivity index (χ2v) is 9.12.